The standard InChI is InChI=1S/C22H25FN4/c23-21-3-1-2-16-6-7-19(12-20(16)21)27-14-15-4-5-17(13-24)18(10-15)11-22-25-8-9-26-22/h1-5,8-10,19,27H,6-7,11-14,24H2,(H,25,26). The number of imidazole rings is 1. The van der Waals surface area contributed by atoms with Gasteiger partial charge in [-0.05, 0) is 53.1 Å². The highest BCUT2D eigenvalue weighted by Gasteiger charge is 2.20. The number of nitrogens with one attached hydrogen (secondary N) is 2. The van der Waals surface area contributed by atoms with Crippen LogP contribution in [-0.2, 0) is 32.4 Å². The van der Waals surface area contributed by atoms with E-state index in [4.69, 9.17) is 5.73 Å². The predicted octanol–water partition coefficient (Wildman–Crippen LogP) is 3.25. The number of halogens is 1. The second-order valence-electron chi connectivity index (χ2n) is 7.22. The second kappa shape index (κ2) is 8.03. The molecule has 1 atom stereocenters. The van der Waals surface area contributed by atoms with Gasteiger partial charge in [0, 0.05) is 37.9 Å². The maximum atomic E-state index is 14.1. The summed E-state index contributed by atoms with van der Waals surface area (Å²) < 4.78 is 14.1. The molecule has 0 radical (unpaired) electrons. The molecular weight excluding hydrogens is 339 g/mol. The molecule has 0 bridgehead atoms. The van der Waals surface area contributed by atoms with Gasteiger partial charge in [-0.25, -0.2) is 9.37 Å². The van der Waals surface area contributed by atoms with Gasteiger partial charge in [0.1, 0.15) is 11.6 Å². The minimum atomic E-state index is -0.0768. The molecule has 1 aromatic heterocycles. The molecule has 4 nitrogen and oxygen atoms in total. The fraction of sp³-hybridized carbons (Fsp3) is 0.318. The first-order valence-electron chi connectivity index (χ1n) is 9.51. The maximum Gasteiger partial charge on any atom is 0.126 e. The molecule has 0 aliphatic heterocycles. The minimum absolute atomic E-state index is 0.0768. The Hall–Kier alpha value is -2.50. The first kappa shape index (κ1) is 17.9. The molecule has 0 saturated carbocycles. The maximum absolute atomic E-state index is 14.1. The Morgan fingerprint density at radius 2 is 2.15 bits per heavy atom. The van der Waals surface area contributed by atoms with Crippen LogP contribution in [0.15, 0.2) is 48.8 Å². The lowest BCUT2D eigenvalue weighted by Gasteiger charge is -2.26. The molecule has 1 unspecified atom stereocenters. The summed E-state index contributed by atoms with van der Waals surface area (Å²) in [6.07, 6.45) is 7.07. The van der Waals surface area contributed by atoms with Gasteiger partial charge in [-0.3, -0.25) is 0 Å². The van der Waals surface area contributed by atoms with Crippen LogP contribution >= 0.6 is 0 Å². The van der Waals surface area contributed by atoms with E-state index in [1.165, 1.54) is 11.1 Å². The number of hydrogen-bond donors (Lipinski definition) is 3. The van der Waals surface area contributed by atoms with Crippen molar-refractivity contribution in [3.63, 3.8) is 0 Å². The van der Waals surface area contributed by atoms with Crippen LogP contribution in [0.5, 0.6) is 0 Å². The molecule has 4 N–H and O–H groups in total. The SMILES string of the molecule is NCc1ccc(CNC2CCc3cccc(F)c3C2)cc1Cc1ncc[nH]1. The van der Waals surface area contributed by atoms with E-state index in [1.54, 1.807) is 12.3 Å². The average molecular weight is 364 g/mol. The van der Waals surface area contributed by atoms with Gasteiger partial charge in [0.15, 0.2) is 0 Å². The molecule has 3 aromatic rings. The molecule has 0 saturated heterocycles. The summed E-state index contributed by atoms with van der Waals surface area (Å²) in [4.78, 5) is 7.47. The molecule has 5 heteroatoms. The van der Waals surface area contributed by atoms with Crippen molar-refractivity contribution in [2.24, 2.45) is 5.73 Å². The Morgan fingerprint density at radius 1 is 1.22 bits per heavy atom. The van der Waals surface area contributed by atoms with Gasteiger partial charge in [-0.1, -0.05) is 30.3 Å². The number of aryl methyl sites for hydroxylation is 1. The lowest BCUT2D eigenvalue weighted by Crippen LogP contribution is -2.34. The molecule has 2 aromatic carbocycles. The van der Waals surface area contributed by atoms with E-state index in [0.717, 1.165) is 54.7 Å². The highest BCUT2D eigenvalue weighted by atomic mass is 19.1. The Morgan fingerprint density at radius 3 is 2.96 bits per heavy atom. The van der Waals surface area contributed by atoms with E-state index in [-0.39, 0.29) is 5.82 Å². The Kier molecular flexibility index (Phi) is 5.32. The zero-order chi connectivity index (χ0) is 18.6. The van der Waals surface area contributed by atoms with E-state index < -0.39 is 0 Å². The van der Waals surface area contributed by atoms with Crippen LogP contribution in [0.3, 0.4) is 0 Å². The summed E-state index contributed by atoms with van der Waals surface area (Å²) in [6, 6.07) is 12.1. The lowest BCUT2D eigenvalue weighted by atomic mass is 9.88. The first-order valence-corrected chi connectivity index (χ1v) is 9.51. The van der Waals surface area contributed by atoms with Crippen molar-refractivity contribution < 1.29 is 4.39 Å². The van der Waals surface area contributed by atoms with Crippen LogP contribution in [0, 0.1) is 5.82 Å². The third-order valence-corrected chi connectivity index (χ3v) is 5.43. The van der Waals surface area contributed by atoms with E-state index in [0.29, 0.717) is 12.6 Å². The molecule has 0 spiro atoms. The van der Waals surface area contributed by atoms with E-state index >= 15 is 0 Å². The average Bonchev–Trinajstić information content (AvgIpc) is 3.20. The van der Waals surface area contributed by atoms with Gasteiger partial charge in [-0.15, -0.1) is 0 Å². The smallest absolute Gasteiger partial charge is 0.126 e. The predicted molar refractivity (Wildman–Crippen MR) is 105 cm³/mol. The van der Waals surface area contributed by atoms with Crippen LogP contribution in [0.2, 0.25) is 0 Å². The molecule has 4 rings (SSSR count). The van der Waals surface area contributed by atoms with Gasteiger partial charge in [-0.2, -0.15) is 0 Å². The van der Waals surface area contributed by atoms with Crippen molar-refractivity contribution in [1.82, 2.24) is 15.3 Å². The second-order valence-corrected chi connectivity index (χ2v) is 7.22. The number of H-pyrrole nitrogens is 1. The highest BCUT2D eigenvalue weighted by Crippen LogP contribution is 2.24. The summed E-state index contributed by atoms with van der Waals surface area (Å²) in [5.41, 5.74) is 11.5. The van der Waals surface area contributed by atoms with Crippen LogP contribution in [-0.4, -0.2) is 16.0 Å². The monoisotopic (exact) mass is 364 g/mol. The summed E-state index contributed by atoms with van der Waals surface area (Å²) in [5.74, 6) is 0.862. The van der Waals surface area contributed by atoms with Crippen molar-refractivity contribution in [2.75, 3.05) is 0 Å². The third-order valence-electron chi connectivity index (χ3n) is 5.43. The number of hydrogen-bond acceptors (Lipinski definition) is 3. The number of aromatic amines is 1. The first-order chi connectivity index (χ1) is 13.2. The van der Waals surface area contributed by atoms with Crippen molar-refractivity contribution in [1.29, 1.82) is 0 Å². The van der Waals surface area contributed by atoms with Crippen molar-refractivity contribution in [3.8, 4) is 0 Å². The van der Waals surface area contributed by atoms with Gasteiger partial charge >= 0.3 is 0 Å². The molecule has 27 heavy (non-hydrogen) atoms. The summed E-state index contributed by atoms with van der Waals surface area (Å²) >= 11 is 0. The molecule has 0 amide bonds. The number of fused-ring (bicyclic) bond motifs is 1. The van der Waals surface area contributed by atoms with Crippen LogP contribution in [0.4, 0.5) is 4.39 Å². The Balaban J connectivity index is 1.43. The number of rotatable bonds is 6. The van der Waals surface area contributed by atoms with Crippen LogP contribution in [0.1, 0.15) is 40.1 Å². The normalized spacial score (nSPS) is 16.3. The van der Waals surface area contributed by atoms with E-state index in [2.05, 4.69) is 33.5 Å². The zero-order valence-corrected chi connectivity index (χ0v) is 15.3. The fourth-order valence-corrected chi connectivity index (χ4v) is 3.91. The largest absolute Gasteiger partial charge is 0.348 e. The number of benzene rings is 2. The van der Waals surface area contributed by atoms with Crippen molar-refractivity contribution in [2.45, 2.75) is 44.8 Å². The number of nitrogens with zero attached hydrogens (tertiary/aromatic N) is 1. The fourth-order valence-electron chi connectivity index (χ4n) is 3.91. The van der Waals surface area contributed by atoms with Gasteiger partial charge in [0.2, 0.25) is 0 Å². The van der Waals surface area contributed by atoms with E-state index in [1.807, 2.05) is 18.3 Å². The molecule has 1 aliphatic rings. The molecule has 0 fully saturated rings. The van der Waals surface area contributed by atoms with E-state index in [9.17, 15) is 4.39 Å². The molecule has 1 aliphatic carbocycles. The topological polar surface area (TPSA) is 66.7 Å². The number of nitrogens with two attached hydrogens (primary N) is 1. The highest BCUT2D eigenvalue weighted by molar-refractivity contribution is 5.35. The lowest BCUT2D eigenvalue weighted by molar-refractivity contribution is 0.445. The summed E-state index contributed by atoms with van der Waals surface area (Å²) in [5, 5.41) is 3.61. The molecule has 140 valence electrons. The van der Waals surface area contributed by atoms with Crippen molar-refractivity contribution in [3.05, 3.63) is 88.3 Å². The number of aromatic nitrogens is 2. The Bertz CT molecular complexity index is 905. The molecule has 1 heterocycles. The zero-order valence-electron chi connectivity index (χ0n) is 15.3. The Labute approximate surface area is 159 Å². The van der Waals surface area contributed by atoms with Gasteiger partial charge < -0.3 is 16.0 Å². The third kappa shape index (κ3) is 4.10. The quantitative estimate of drug-likeness (QED) is 0.629. The summed E-state index contributed by atoms with van der Waals surface area (Å²) in [7, 11) is 0. The minimum Gasteiger partial charge on any atom is -0.348 e. The van der Waals surface area contributed by atoms with Crippen LogP contribution < -0.4 is 11.1 Å². The van der Waals surface area contributed by atoms with Gasteiger partial charge in [0.25, 0.3) is 0 Å². The molecular formula is C22H25FN4. The van der Waals surface area contributed by atoms with Crippen molar-refractivity contribution >= 4 is 0 Å². The van der Waals surface area contributed by atoms with Crippen LogP contribution in [0.25, 0.3) is 0 Å². The summed E-state index contributed by atoms with van der Waals surface area (Å²) in [6.45, 7) is 1.28. The van der Waals surface area contributed by atoms with Gasteiger partial charge in [0.05, 0.1) is 0 Å².